The Morgan fingerprint density at radius 3 is 2.38 bits per heavy atom. The summed E-state index contributed by atoms with van der Waals surface area (Å²) in [5.41, 5.74) is 7.78. The van der Waals surface area contributed by atoms with Gasteiger partial charge in [0.05, 0.1) is 19.9 Å². The van der Waals surface area contributed by atoms with Crippen molar-refractivity contribution in [3.63, 3.8) is 0 Å². The Bertz CT molecular complexity index is 761. The van der Waals surface area contributed by atoms with Gasteiger partial charge >= 0.3 is 0 Å². The number of unbranched alkanes of at least 4 members (excludes halogenated alkanes) is 1. The highest BCUT2D eigenvalue weighted by Gasteiger charge is 2.20. The third-order valence-electron chi connectivity index (χ3n) is 5.34. The summed E-state index contributed by atoms with van der Waals surface area (Å²) in [5, 5.41) is 0. The first-order chi connectivity index (χ1) is 14.2. The zero-order valence-electron chi connectivity index (χ0n) is 17.6. The van der Waals surface area contributed by atoms with Crippen molar-refractivity contribution in [2.24, 2.45) is 5.73 Å². The van der Waals surface area contributed by atoms with Crippen LogP contribution in [0.5, 0.6) is 17.2 Å². The summed E-state index contributed by atoms with van der Waals surface area (Å²) in [6.45, 7) is 6.46. The first kappa shape index (κ1) is 21.3. The van der Waals surface area contributed by atoms with Crippen LogP contribution in [-0.2, 0) is 6.61 Å². The Morgan fingerprint density at radius 1 is 0.897 bits per heavy atom. The summed E-state index contributed by atoms with van der Waals surface area (Å²) in [6.07, 6.45) is 2.27. The van der Waals surface area contributed by atoms with E-state index in [0.717, 1.165) is 74.2 Å². The number of nitrogens with two attached hydrogens (primary N) is 1. The van der Waals surface area contributed by atoms with E-state index in [-0.39, 0.29) is 0 Å². The average molecular weight is 400 g/mol. The maximum absolute atomic E-state index is 6.20. The zero-order valence-corrected chi connectivity index (χ0v) is 17.6. The van der Waals surface area contributed by atoms with E-state index >= 15 is 0 Å². The van der Waals surface area contributed by atoms with Gasteiger partial charge in [0.2, 0.25) is 0 Å². The summed E-state index contributed by atoms with van der Waals surface area (Å²) in [7, 11) is 3.38. The molecule has 1 saturated heterocycles. The SMILES string of the molecule is COc1cccc(COc2ccc(OC)cc2N2CCN(CCCCN)CC2)c1. The average Bonchev–Trinajstić information content (AvgIpc) is 2.78. The maximum atomic E-state index is 6.20. The van der Waals surface area contributed by atoms with E-state index in [1.807, 2.05) is 36.4 Å². The fraction of sp³-hybridized carbons (Fsp3) is 0.478. The van der Waals surface area contributed by atoms with Gasteiger partial charge in [-0.25, -0.2) is 0 Å². The molecule has 1 aliphatic heterocycles. The van der Waals surface area contributed by atoms with Crippen LogP contribution >= 0.6 is 0 Å². The van der Waals surface area contributed by atoms with E-state index in [2.05, 4.69) is 15.9 Å². The van der Waals surface area contributed by atoms with Crippen molar-refractivity contribution < 1.29 is 14.2 Å². The Labute approximate surface area is 174 Å². The zero-order chi connectivity index (χ0) is 20.5. The number of hydrogen-bond acceptors (Lipinski definition) is 6. The lowest BCUT2D eigenvalue weighted by atomic mass is 10.2. The minimum Gasteiger partial charge on any atom is -0.497 e. The second kappa shape index (κ2) is 10.9. The van der Waals surface area contributed by atoms with Crippen molar-refractivity contribution in [3.8, 4) is 17.2 Å². The molecular formula is C23H33N3O3. The number of piperazine rings is 1. The quantitative estimate of drug-likeness (QED) is 0.620. The number of methoxy groups -OCH3 is 2. The molecule has 0 unspecified atom stereocenters. The fourth-order valence-corrected chi connectivity index (χ4v) is 3.61. The number of hydrogen-bond donors (Lipinski definition) is 1. The van der Waals surface area contributed by atoms with Crippen LogP contribution in [0, 0.1) is 0 Å². The van der Waals surface area contributed by atoms with Crippen molar-refractivity contribution in [2.75, 3.05) is 58.4 Å². The lowest BCUT2D eigenvalue weighted by molar-refractivity contribution is 0.251. The van der Waals surface area contributed by atoms with Crippen molar-refractivity contribution >= 4 is 5.69 Å². The predicted molar refractivity (Wildman–Crippen MR) is 117 cm³/mol. The molecule has 2 aromatic carbocycles. The molecule has 0 spiro atoms. The molecule has 0 bridgehead atoms. The molecule has 0 aromatic heterocycles. The Hall–Kier alpha value is -2.44. The summed E-state index contributed by atoms with van der Waals surface area (Å²) in [6, 6.07) is 14.0. The van der Waals surface area contributed by atoms with Crippen LogP contribution in [0.4, 0.5) is 5.69 Å². The van der Waals surface area contributed by atoms with Gasteiger partial charge in [0, 0.05) is 32.2 Å². The van der Waals surface area contributed by atoms with E-state index < -0.39 is 0 Å². The number of rotatable bonds is 10. The molecular weight excluding hydrogens is 366 g/mol. The minimum absolute atomic E-state index is 0.496. The molecule has 29 heavy (non-hydrogen) atoms. The summed E-state index contributed by atoms with van der Waals surface area (Å²) in [5.74, 6) is 2.57. The molecule has 0 amide bonds. The predicted octanol–water partition coefficient (Wildman–Crippen LogP) is 3.14. The van der Waals surface area contributed by atoms with Crippen LogP contribution in [0.2, 0.25) is 0 Å². The van der Waals surface area contributed by atoms with Crippen molar-refractivity contribution in [2.45, 2.75) is 19.4 Å². The molecule has 6 heteroatoms. The monoisotopic (exact) mass is 399 g/mol. The lowest BCUT2D eigenvalue weighted by Crippen LogP contribution is -2.46. The van der Waals surface area contributed by atoms with E-state index in [9.17, 15) is 0 Å². The lowest BCUT2D eigenvalue weighted by Gasteiger charge is -2.36. The largest absolute Gasteiger partial charge is 0.497 e. The molecule has 0 aliphatic carbocycles. The van der Waals surface area contributed by atoms with Gasteiger partial charge in [0.25, 0.3) is 0 Å². The van der Waals surface area contributed by atoms with Crippen LogP contribution in [0.1, 0.15) is 18.4 Å². The number of nitrogens with zero attached hydrogens (tertiary/aromatic N) is 2. The van der Waals surface area contributed by atoms with Gasteiger partial charge in [0.15, 0.2) is 0 Å². The first-order valence-corrected chi connectivity index (χ1v) is 10.3. The van der Waals surface area contributed by atoms with Gasteiger partial charge < -0.3 is 24.8 Å². The summed E-state index contributed by atoms with van der Waals surface area (Å²) < 4.78 is 17.0. The van der Waals surface area contributed by atoms with Gasteiger partial charge in [0.1, 0.15) is 23.9 Å². The second-order valence-corrected chi connectivity index (χ2v) is 7.30. The molecule has 0 saturated carbocycles. The highest BCUT2D eigenvalue weighted by molar-refractivity contribution is 5.62. The molecule has 1 fully saturated rings. The minimum atomic E-state index is 0.496. The van der Waals surface area contributed by atoms with Gasteiger partial charge in [-0.1, -0.05) is 12.1 Å². The normalized spacial score (nSPS) is 14.7. The summed E-state index contributed by atoms with van der Waals surface area (Å²) in [4.78, 5) is 4.91. The Balaban J connectivity index is 1.66. The molecule has 1 heterocycles. The number of ether oxygens (including phenoxy) is 3. The van der Waals surface area contributed by atoms with Crippen molar-refractivity contribution in [3.05, 3.63) is 48.0 Å². The van der Waals surface area contributed by atoms with Gasteiger partial charge in [-0.15, -0.1) is 0 Å². The van der Waals surface area contributed by atoms with Crippen LogP contribution in [0.3, 0.4) is 0 Å². The highest BCUT2D eigenvalue weighted by Crippen LogP contribution is 2.34. The second-order valence-electron chi connectivity index (χ2n) is 7.30. The molecule has 3 rings (SSSR count). The van der Waals surface area contributed by atoms with Crippen molar-refractivity contribution in [1.29, 1.82) is 0 Å². The molecule has 2 aromatic rings. The Kier molecular flexibility index (Phi) is 8.02. The molecule has 0 atom stereocenters. The molecule has 2 N–H and O–H groups in total. The molecule has 0 radical (unpaired) electrons. The van der Waals surface area contributed by atoms with Crippen molar-refractivity contribution in [1.82, 2.24) is 4.90 Å². The molecule has 6 nitrogen and oxygen atoms in total. The highest BCUT2D eigenvalue weighted by atomic mass is 16.5. The number of benzene rings is 2. The van der Waals surface area contributed by atoms with Crippen LogP contribution in [0.25, 0.3) is 0 Å². The third-order valence-corrected chi connectivity index (χ3v) is 5.34. The van der Waals surface area contributed by atoms with Crippen LogP contribution < -0.4 is 24.8 Å². The Morgan fingerprint density at radius 2 is 1.66 bits per heavy atom. The number of anilines is 1. The molecule has 1 aliphatic rings. The van der Waals surface area contributed by atoms with Gasteiger partial charge in [-0.2, -0.15) is 0 Å². The van der Waals surface area contributed by atoms with Crippen LogP contribution in [0.15, 0.2) is 42.5 Å². The molecule has 158 valence electrons. The van der Waals surface area contributed by atoms with E-state index in [4.69, 9.17) is 19.9 Å². The third kappa shape index (κ3) is 6.02. The van der Waals surface area contributed by atoms with Gasteiger partial charge in [-0.05, 0) is 55.8 Å². The maximum Gasteiger partial charge on any atom is 0.143 e. The summed E-state index contributed by atoms with van der Waals surface area (Å²) >= 11 is 0. The topological polar surface area (TPSA) is 60.2 Å². The fourth-order valence-electron chi connectivity index (χ4n) is 3.61. The van der Waals surface area contributed by atoms with E-state index in [1.54, 1.807) is 14.2 Å². The first-order valence-electron chi connectivity index (χ1n) is 10.3. The van der Waals surface area contributed by atoms with Gasteiger partial charge in [-0.3, -0.25) is 4.90 Å². The smallest absolute Gasteiger partial charge is 0.143 e. The van der Waals surface area contributed by atoms with Crippen LogP contribution in [-0.4, -0.2) is 58.4 Å². The van der Waals surface area contributed by atoms with E-state index in [0.29, 0.717) is 6.61 Å². The standard InChI is InChI=1S/C23H33N3O3/c1-27-20-7-5-6-19(16-20)18-29-23-9-8-21(28-2)17-22(23)26-14-12-25(13-15-26)11-4-3-10-24/h5-9,16-17H,3-4,10-15,18,24H2,1-2H3. The van der Waals surface area contributed by atoms with E-state index in [1.165, 1.54) is 6.42 Å².